The van der Waals surface area contributed by atoms with Gasteiger partial charge >= 0.3 is 0 Å². The molecular weight excluding hydrogens is 412 g/mol. The molecule has 0 radical (unpaired) electrons. The van der Waals surface area contributed by atoms with Crippen LogP contribution in [0.4, 0.5) is 0 Å². The van der Waals surface area contributed by atoms with Crippen LogP contribution in [0.2, 0.25) is 0 Å². The fourth-order valence-electron chi connectivity index (χ4n) is 4.64. The number of primary amides is 1. The lowest BCUT2D eigenvalue weighted by atomic mass is 9.82. The minimum Gasteiger partial charge on any atom is -0.488 e. The van der Waals surface area contributed by atoms with Gasteiger partial charge in [0.05, 0.1) is 11.7 Å². The molecule has 0 spiro atoms. The summed E-state index contributed by atoms with van der Waals surface area (Å²) in [6.45, 7) is 2.51. The molecule has 0 fully saturated rings. The SMILES string of the molecule is CC(CCc1ccccc1)N[C@@H]1CCc2c(ccc(OCc3ccccc3)c2C(N)=O)[C@H]1O. The van der Waals surface area contributed by atoms with Gasteiger partial charge in [-0.2, -0.15) is 0 Å². The fourth-order valence-corrected chi connectivity index (χ4v) is 4.64. The Morgan fingerprint density at radius 3 is 2.39 bits per heavy atom. The summed E-state index contributed by atoms with van der Waals surface area (Å²) in [5.41, 5.74) is 10.0. The van der Waals surface area contributed by atoms with Crippen molar-refractivity contribution in [3.8, 4) is 5.75 Å². The van der Waals surface area contributed by atoms with E-state index >= 15 is 0 Å². The molecular formula is C28H32N2O3. The van der Waals surface area contributed by atoms with Gasteiger partial charge in [-0.3, -0.25) is 4.79 Å². The average Bonchev–Trinajstić information content (AvgIpc) is 2.84. The second-order valence-corrected chi connectivity index (χ2v) is 8.83. The van der Waals surface area contributed by atoms with Gasteiger partial charge in [0.2, 0.25) is 0 Å². The molecule has 4 rings (SSSR count). The van der Waals surface area contributed by atoms with Gasteiger partial charge in [0, 0.05) is 12.1 Å². The molecule has 0 saturated carbocycles. The smallest absolute Gasteiger partial charge is 0.252 e. The van der Waals surface area contributed by atoms with E-state index < -0.39 is 12.0 Å². The summed E-state index contributed by atoms with van der Waals surface area (Å²) in [7, 11) is 0. The Morgan fingerprint density at radius 2 is 1.73 bits per heavy atom. The zero-order chi connectivity index (χ0) is 23.2. The zero-order valence-electron chi connectivity index (χ0n) is 19.0. The molecule has 3 aromatic carbocycles. The number of nitrogens with two attached hydrogens (primary N) is 1. The molecule has 0 heterocycles. The van der Waals surface area contributed by atoms with Gasteiger partial charge < -0.3 is 20.9 Å². The van der Waals surface area contributed by atoms with Crippen molar-refractivity contribution >= 4 is 5.91 Å². The number of carbonyl (C=O) groups is 1. The number of aryl methyl sites for hydroxylation is 1. The first kappa shape index (κ1) is 23.0. The van der Waals surface area contributed by atoms with E-state index in [4.69, 9.17) is 10.5 Å². The third kappa shape index (κ3) is 5.62. The number of amides is 1. The predicted molar refractivity (Wildman–Crippen MR) is 130 cm³/mol. The van der Waals surface area contributed by atoms with Crippen molar-refractivity contribution in [3.05, 3.63) is 101 Å². The first-order valence-electron chi connectivity index (χ1n) is 11.6. The number of nitrogens with one attached hydrogen (secondary N) is 1. The van der Waals surface area contributed by atoms with Crippen LogP contribution in [0.25, 0.3) is 0 Å². The van der Waals surface area contributed by atoms with Crippen LogP contribution in [-0.2, 0) is 19.4 Å². The van der Waals surface area contributed by atoms with E-state index in [9.17, 15) is 9.90 Å². The fraction of sp³-hybridized carbons (Fsp3) is 0.321. The first-order valence-corrected chi connectivity index (χ1v) is 11.6. The summed E-state index contributed by atoms with van der Waals surface area (Å²) >= 11 is 0. The topological polar surface area (TPSA) is 84.6 Å². The Hall–Kier alpha value is -3.15. The lowest BCUT2D eigenvalue weighted by Crippen LogP contribution is -2.43. The molecule has 1 aliphatic carbocycles. The third-order valence-corrected chi connectivity index (χ3v) is 6.41. The number of hydrogen-bond acceptors (Lipinski definition) is 4. The summed E-state index contributed by atoms with van der Waals surface area (Å²) in [5, 5.41) is 14.7. The summed E-state index contributed by atoms with van der Waals surface area (Å²) in [5.74, 6) is -0.0512. The monoisotopic (exact) mass is 444 g/mol. The van der Waals surface area contributed by atoms with E-state index in [1.165, 1.54) is 5.56 Å². The van der Waals surface area contributed by atoms with Crippen LogP contribution in [0.5, 0.6) is 5.75 Å². The number of ether oxygens (including phenoxy) is 1. The highest BCUT2D eigenvalue weighted by atomic mass is 16.5. The van der Waals surface area contributed by atoms with Gasteiger partial charge in [-0.25, -0.2) is 0 Å². The molecule has 5 nitrogen and oxygen atoms in total. The van der Waals surface area contributed by atoms with Crippen LogP contribution in [0, 0.1) is 0 Å². The number of aliphatic hydroxyl groups excluding tert-OH is 1. The van der Waals surface area contributed by atoms with Crippen molar-refractivity contribution in [1.82, 2.24) is 5.32 Å². The van der Waals surface area contributed by atoms with Crippen LogP contribution < -0.4 is 15.8 Å². The van der Waals surface area contributed by atoms with E-state index in [0.717, 1.165) is 36.0 Å². The van der Waals surface area contributed by atoms with Gasteiger partial charge in [0.15, 0.2) is 0 Å². The molecule has 1 unspecified atom stereocenters. The normalized spacial score (nSPS) is 18.4. The number of fused-ring (bicyclic) bond motifs is 1. The molecule has 1 amide bonds. The standard InChI is InChI=1S/C28H32N2O3/c1-19(12-13-20-8-4-2-5-9-20)30-24-16-14-22-23(27(24)31)15-17-25(26(22)28(29)32)33-18-21-10-6-3-7-11-21/h2-11,15,17,19,24,27,30-31H,12-14,16,18H2,1H3,(H2,29,32)/t19?,24-,27-/m1/s1. The molecule has 0 aliphatic heterocycles. The number of hydrogen-bond donors (Lipinski definition) is 3. The Balaban J connectivity index is 1.44. The molecule has 172 valence electrons. The lowest BCUT2D eigenvalue weighted by Gasteiger charge is -2.34. The molecule has 1 aliphatic rings. The van der Waals surface area contributed by atoms with Crippen molar-refractivity contribution in [2.45, 2.75) is 57.4 Å². The van der Waals surface area contributed by atoms with Crippen molar-refractivity contribution in [3.63, 3.8) is 0 Å². The van der Waals surface area contributed by atoms with Crippen LogP contribution in [-0.4, -0.2) is 23.1 Å². The predicted octanol–water partition coefficient (Wildman–Crippen LogP) is 4.32. The van der Waals surface area contributed by atoms with Crippen molar-refractivity contribution < 1.29 is 14.6 Å². The minimum absolute atomic E-state index is 0.0694. The van der Waals surface area contributed by atoms with Gasteiger partial charge in [-0.15, -0.1) is 0 Å². The maximum absolute atomic E-state index is 12.3. The van der Waals surface area contributed by atoms with Crippen molar-refractivity contribution in [2.75, 3.05) is 0 Å². The highest BCUT2D eigenvalue weighted by molar-refractivity contribution is 5.97. The quantitative estimate of drug-likeness (QED) is 0.459. The van der Waals surface area contributed by atoms with E-state index in [2.05, 4.69) is 36.5 Å². The Labute approximate surface area is 195 Å². The van der Waals surface area contributed by atoms with Gasteiger partial charge in [-0.05, 0) is 60.9 Å². The van der Waals surface area contributed by atoms with Crippen LogP contribution in [0.15, 0.2) is 72.8 Å². The second kappa shape index (κ2) is 10.6. The molecule has 0 bridgehead atoms. The van der Waals surface area contributed by atoms with E-state index in [-0.39, 0.29) is 12.1 Å². The molecule has 5 heteroatoms. The molecule has 0 saturated heterocycles. The Kier molecular flexibility index (Phi) is 7.43. The zero-order valence-corrected chi connectivity index (χ0v) is 19.0. The number of carbonyl (C=O) groups excluding carboxylic acids is 1. The lowest BCUT2D eigenvalue weighted by molar-refractivity contribution is 0.0982. The van der Waals surface area contributed by atoms with Crippen molar-refractivity contribution in [2.24, 2.45) is 5.73 Å². The summed E-state index contributed by atoms with van der Waals surface area (Å²) < 4.78 is 5.95. The number of benzene rings is 3. The highest BCUT2D eigenvalue weighted by Crippen LogP contribution is 2.36. The maximum atomic E-state index is 12.3. The van der Waals surface area contributed by atoms with E-state index in [1.54, 1.807) is 6.07 Å². The highest BCUT2D eigenvalue weighted by Gasteiger charge is 2.32. The molecule has 3 atom stereocenters. The average molecular weight is 445 g/mol. The third-order valence-electron chi connectivity index (χ3n) is 6.41. The van der Waals surface area contributed by atoms with E-state index in [0.29, 0.717) is 24.3 Å². The first-order chi connectivity index (χ1) is 16.0. The summed E-state index contributed by atoms with van der Waals surface area (Å²) in [4.78, 5) is 12.3. The molecule has 33 heavy (non-hydrogen) atoms. The van der Waals surface area contributed by atoms with Crippen LogP contribution in [0.1, 0.15) is 58.5 Å². The second-order valence-electron chi connectivity index (χ2n) is 8.83. The Morgan fingerprint density at radius 1 is 1.06 bits per heavy atom. The Bertz CT molecular complexity index is 1070. The largest absolute Gasteiger partial charge is 0.488 e. The summed E-state index contributed by atoms with van der Waals surface area (Å²) in [6, 6.07) is 24.0. The van der Waals surface area contributed by atoms with Crippen LogP contribution >= 0.6 is 0 Å². The minimum atomic E-state index is -0.700. The molecule has 0 aromatic heterocycles. The van der Waals surface area contributed by atoms with Gasteiger partial charge in [-0.1, -0.05) is 66.7 Å². The van der Waals surface area contributed by atoms with Crippen molar-refractivity contribution in [1.29, 1.82) is 0 Å². The van der Waals surface area contributed by atoms with Crippen LogP contribution in [0.3, 0.4) is 0 Å². The molecule has 4 N–H and O–H groups in total. The van der Waals surface area contributed by atoms with E-state index in [1.807, 2.05) is 42.5 Å². The molecule has 3 aromatic rings. The summed E-state index contributed by atoms with van der Waals surface area (Å²) in [6.07, 6.45) is 2.67. The van der Waals surface area contributed by atoms with Gasteiger partial charge in [0.25, 0.3) is 5.91 Å². The number of rotatable bonds is 9. The number of aliphatic hydroxyl groups is 1. The maximum Gasteiger partial charge on any atom is 0.252 e. The van der Waals surface area contributed by atoms with Gasteiger partial charge in [0.1, 0.15) is 12.4 Å².